The van der Waals surface area contributed by atoms with Gasteiger partial charge in [-0.25, -0.2) is 0 Å². The van der Waals surface area contributed by atoms with Crippen molar-refractivity contribution in [2.75, 3.05) is 13.3 Å². The first-order chi connectivity index (χ1) is 8.78. The van der Waals surface area contributed by atoms with Crippen LogP contribution in [-0.4, -0.2) is 24.3 Å². The lowest BCUT2D eigenvalue weighted by molar-refractivity contribution is 0.174. The van der Waals surface area contributed by atoms with E-state index in [4.69, 9.17) is 21.1 Å². The summed E-state index contributed by atoms with van der Waals surface area (Å²) in [4.78, 5) is 2.41. The van der Waals surface area contributed by atoms with E-state index >= 15 is 0 Å². The molecule has 2 aliphatic rings. The van der Waals surface area contributed by atoms with E-state index < -0.39 is 0 Å². The lowest BCUT2D eigenvalue weighted by Gasteiger charge is -2.23. The van der Waals surface area contributed by atoms with Crippen LogP contribution in [0.1, 0.15) is 18.9 Å². The van der Waals surface area contributed by atoms with Crippen molar-refractivity contribution < 1.29 is 9.47 Å². The highest BCUT2D eigenvalue weighted by molar-refractivity contribution is 6.31. The molecule has 0 bridgehead atoms. The third kappa shape index (κ3) is 2.08. The molecule has 0 aliphatic carbocycles. The van der Waals surface area contributed by atoms with Crippen LogP contribution in [0.4, 0.5) is 0 Å². The number of ether oxygens (including phenoxy) is 2. The Balaban J connectivity index is 1.81. The van der Waals surface area contributed by atoms with Crippen molar-refractivity contribution in [3.05, 3.63) is 34.9 Å². The molecule has 1 aromatic carbocycles. The maximum Gasteiger partial charge on any atom is 0.231 e. The van der Waals surface area contributed by atoms with Gasteiger partial charge in [-0.05, 0) is 18.1 Å². The Morgan fingerprint density at radius 3 is 2.89 bits per heavy atom. The average molecular weight is 266 g/mol. The summed E-state index contributed by atoms with van der Waals surface area (Å²) in [6.45, 7) is 4.33. The van der Waals surface area contributed by atoms with Gasteiger partial charge in [0.2, 0.25) is 6.79 Å². The van der Waals surface area contributed by atoms with Crippen LogP contribution < -0.4 is 9.47 Å². The first-order valence-corrected chi connectivity index (χ1v) is 6.64. The van der Waals surface area contributed by atoms with E-state index in [0.29, 0.717) is 6.04 Å². The molecule has 2 heterocycles. The zero-order valence-electron chi connectivity index (χ0n) is 10.4. The first kappa shape index (κ1) is 11.9. The molecule has 1 unspecified atom stereocenters. The van der Waals surface area contributed by atoms with Crippen LogP contribution >= 0.6 is 11.6 Å². The van der Waals surface area contributed by atoms with Crippen LogP contribution in [0.25, 0.3) is 0 Å². The molecular formula is C14H16ClNO2. The summed E-state index contributed by atoms with van der Waals surface area (Å²) in [5, 5.41) is 0.751. The topological polar surface area (TPSA) is 21.7 Å². The molecule has 0 radical (unpaired) electrons. The number of hydrogen-bond donors (Lipinski definition) is 0. The van der Waals surface area contributed by atoms with Gasteiger partial charge in [-0.15, -0.1) is 0 Å². The Kier molecular flexibility index (Phi) is 3.18. The van der Waals surface area contributed by atoms with Gasteiger partial charge in [0.05, 0.1) is 0 Å². The third-order valence-corrected chi connectivity index (χ3v) is 3.85. The predicted molar refractivity (Wildman–Crippen MR) is 71.2 cm³/mol. The van der Waals surface area contributed by atoms with Crippen LogP contribution in [0, 0.1) is 0 Å². The van der Waals surface area contributed by atoms with Gasteiger partial charge in [0.1, 0.15) is 0 Å². The van der Waals surface area contributed by atoms with Gasteiger partial charge in [-0.2, -0.15) is 0 Å². The Labute approximate surface area is 112 Å². The molecule has 3 nitrogen and oxygen atoms in total. The largest absolute Gasteiger partial charge is 0.454 e. The van der Waals surface area contributed by atoms with E-state index in [2.05, 4.69) is 24.0 Å². The Bertz CT molecular complexity index is 487. The van der Waals surface area contributed by atoms with E-state index in [-0.39, 0.29) is 6.79 Å². The van der Waals surface area contributed by atoms with E-state index in [1.165, 1.54) is 0 Å². The minimum absolute atomic E-state index is 0.290. The van der Waals surface area contributed by atoms with Crippen molar-refractivity contribution in [2.45, 2.75) is 25.9 Å². The average Bonchev–Trinajstić information content (AvgIpc) is 2.98. The summed E-state index contributed by atoms with van der Waals surface area (Å²) >= 11 is 6.29. The van der Waals surface area contributed by atoms with Crippen molar-refractivity contribution in [2.24, 2.45) is 0 Å². The minimum Gasteiger partial charge on any atom is -0.454 e. The zero-order chi connectivity index (χ0) is 12.5. The van der Waals surface area contributed by atoms with E-state index in [1.54, 1.807) is 0 Å². The fourth-order valence-electron chi connectivity index (χ4n) is 2.49. The molecule has 0 fully saturated rings. The highest BCUT2D eigenvalue weighted by Crippen LogP contribution is 2.37. The molecule has 3 rings (SSSR count). The second-order valence-corrected chi connectivity index (χ2v) is 5.04. The second kappa shape index (κ2) is 4.82. The molecule has 0 aromatic heterocycles. The third-order valence-electron chi connectivity index (χ3n) is 3.50. The number of halogens is 1. The molecule has 0 saturated heterocycles. The lowest BCUT2D eigenvalue weighted by Crippen LogP contribution is -2.28. The van der Waals surface area contributed by atoms with Crippen molar-refractivity contribution in [1.82, 2.24) is 4.90 Å². The second-order valence-electron chi connectivity index (χ2n) is 4.63. The fraction of sp³-hybridized carbons (Fsp3) is 0.429. The van der Waals surface area contributed by atoms with Crippen LogP contribution in [-0.2, 0) is 6.54 Å². The van der Waals surface area contributed by atoms with Crippen LogP contribution in [0.5, 0.6) is 11.5 Å². The normalized spacial score (nSPS) is 21.8. The van der Waals surface area contributed by atoms with E-state index in [0.717, 1.165) is 41.6 Å². The summed E-state index contributed by atoms with van der Waals surface area (Å²) in [5.74, 6) is 1.55. The van der Waals surface area contributed by atoms with Gasteiger partial charge < -0.3 is 9.47 Å². The van der Waals surface area contributed by atoms with Crippen LogP contribution in [0.2, 0.25) is 5.02 Å². The maximum absolute atomic E-state index is 6.29. The van der Waals surface area contributed by atoms with Crippen LogP contribution in [0.3, 0.4) is 0 Å². The summed E-state index contributed by atoms with van der Waals surface area (Å²) < 4.78 is 10.7. The molecule has 0 spiro atoms. The van der Waals surface area contributed by atoms with Crippen LogP contribution in [0.15, 0.2) is 24.3 Å². The number of hydrogen-bond acceptors (Lipinski definition) is 3. The molecule has 4 heteroatoms. The van der Waals surface area contributed by atoms with Gasteiger partial charge in [-0.1, -0.05) is 30.7 Å². The van der Waals surface area contributed by atoms with Gasteiger partial charge >= 0.3 is 0 Å². The number of benzene rings is 1. The molecular weight excluding hydrogens is 250 g/mol. The molecule has 1 atom stereocenters. The standard InChI is InChI=1S/C14H16ClNO2/c1-2-11-4-3-5-16(11)8-10-6-13-14(7-12(10)15)18-9-17-13/h3-4,6-7,11H,2,5,8-9H2,1H3. The summed E-state index contributed by atoms with van der Waals surface area (Å²) in [6, 6.07) is 4.37. The molecule has 0 saturated carbocycles. The first-order valence-electron chi connectivity index (χ1n) is 6.26. The summed E-state index contributed by atoms with van der Waals surface area (Å²) in [7, 11) is 0. The zero-order valence-corrected chi connectivity index (χ0v) is 11.1. The number of rotatable bonds is 3. The smallest absolute Gasteiger partial charge is 0.231 e. The van der Waals surface area contributed by atoms with Crippen molar-refractivity contribution in [3.8, 4) is 11.5 Å². The van der Waals surface area contributed by atoms with E-state index in [1.807, 2.05) is 12.1 Å². The molecule has 18 heavy (non-hydrogen) atoms. The molecule has 0 N–H and O–H groups in total. The summed E-state index contributed by atoms with van der Waals surface area (Å²) in [6.07, 6.45) is 5.61. The summed E-state index contributed by atoms with van der Waals surface area (Å²) in [5.41, 5.74) is 1.10. The Morgan fingerprint density at radius 2 is 2.11 bits per heavy atom. The fourth-order valence-corrected chi connectivity index (χ4v) is 2.70. The SMILES string of the molecule is CCC1C=CCN1Cc1cc2c(cc1Cl)OCO2. The molecule has 96 valence electrons. The van der Waals surface area contributed by atoms with Crippen molar-refractivity contribution >= 4 is 11.6 Å². The van der Waals surface area contributed by atoms with Gasteiger partial charge in [0.25, 0.3) is 0 Å². The minimum atomic E-state index is 0.290. The molecule has 0 amide bonds. The van der Waals surface area contributed by atoms with Crippen molar-refractivity contribution in [1.29, 1.82) is 0 Å². The van der Waals surface area contributed by atoms with Crippen molar-refractivity contribution in [3.63, 3.8) is 0 Å². The van der Waals surface area contributed by atoms with Gasteiger partial charge in [0.15, 0.2) is 11.5 Å². The molecule has 2 aliphatic heterocycles. The van der Waals surface area contributed by atoms with E-state index in [9.17, 15) is 0 Å². The monoisotopic (exact) mass is 265 g/mol. The highest BCUT2D eigenvalue weighted by atomic mass is 35.5. The number of nitrogens with zero attached hydrogens (tertiary/aromatic N) is 1. The quantitative estimate of drug-likeness (QED) is 0.784. The highest BCUT2D eigenvalue weighted by Gasteiger charge is 2.21. The Hall–Kier alpha value is -1.19. The Morgan fingerprint density at radius 1 is 1.33 bits per heavy atom. The maximum atomic E-state index is 6.29. The lowest BCUT2D eigenvalue weighted by atomic mass is 10.1. The van der Waals surface area contributed by atoms with Gasteiger partial charge in [0, 0.05) is 30.2 Å². The predicted octanol–water partition coefficient (Wildman–Crippen LogP) is 3.22. The molecule has 1 aromatic rings. The van der Waals surface area contributed by atoms with Gasteiger partial charge in [-0.3, -0.25) is 4.90 Å². The number of fused-ring (bicyclic) bond motifs is 1.